The van der Waals surface area contributed by atoms with Crippen LogP contribution in [-0.4, -0.2) is 41.1 Å². The zero-order valence-electron chi connectivity index (χ0n) is 19.7. The fourth-order valence-corrected chi connectivity index (χ4v) is 5.80. The molecule has 6 nitrogen and oxygen atoms in total. The number of hydrogen-bond acceptors (Lipinski definition) is 6. The summed E-state index contributed by atoms with van der Waals surface area (Å²) in [7, 11) is 1.65. The van der Waals surface area contributed by atoms with E-state index in [-0.39, 0.29) is 12.5 Å². The quantitative estimate of drug-likeness (QED) is 0.364. The zero-order valence-corrected chi connectivity index (χ0v) is 20.6. The fraction of sp³-hybridized carbons (Fsp3) is 0.286. The molecule has 180 valence electrons. The molecule has 4 aromatic rings. The number of fused-ring (bicyclic) bond motifs is 1. The highest BCUT2D eigenvalue weighted by Crippen LogP contribution is 2.36. The molecule has 1 aliphatic heterocycles. The zero-order chi connectivity index (χ0) is 24.2. The third kappa shape index (κ3) is 4.88. The highest BCUT2D eigenvalue weighted by Gasteiger charge is 2.27. The maximum absolute atomic E-state index is 13.7. The van der Waals surface area contributed by atoms with Crippen molar-refractivity contribution in [2.45, 2.75) is 31.9 Å². The van der Waals surface area contributed by atoms with Crippen LogP contribution in [0.15, 0.2) is 66.2 Å². The second-order valence-electron chi connectivity index (χ2n) is 8.83. The number of rotatable bonds is 7. The van der Waals surface area contributed by atoms with E-state index in [9.17, 15) is 9.90 Å². The van der Waals surface area contributed by atoms with E-state index < -0.39 is 0 Å². The van der Waals surface area contributed by atoms with Crippen molar-refractivity contribution in [2.24, 2.45) is 0 Å². The Morgan fingerprint density at radius 1 is 1.17 bits per heavy atom. The van der Waals surface area contributed by atoms with Crippen molar-refractivity contribution in [3.63, 3.8) is 0 Å². The predicted octanol–water partition coefficient (Wildman–Crippen LogP) is 5.43. The van der Waals surface area contributed by atoms with Crippen molar-refractivity contribution in [1.29, 1.82) is 0 Å². The van der Waals surface area contributed by atoms with Gasteiger partial charge in [-0.2, -0.15) is 0 Å². The number of aromatic nitrogens is 1. The molecule has 1 aliphatic rings. The third-order valence-electron chi connectivity index (χ3n) is 6.71. The number of ether oxygens (including phenoxy) is 1. The average molecular weight is 488 g/mol. The molecule has 2 aromatic carbocycles. The van der Waals surface area contributed by atoms with E-state index in [2.05, 4.69) is 34.6 Å². The SMILES string of the molecule is COc1cccc(CNc2c(C(=O)N3CCC(c4ccccc4)CC3)cnc3c(CO)csc23)c1. The second kappa shape index (κ2) is 10.5. The minimum Gasteiger partial charge on any atom is -0.497 e. The Morgan fingerprint density at radius 3 is 2.71 bits per heavy atom. The summed E-state index contributed by atoms with van der Waals surface area (Å²) in [6.07, 6.45) is 3.56. The van der Waals surface area contributed by atoms with Gasteiger partial charge in [-0.1, -0.05) is 42.5 Å². The van der Waals surface area contributed by atoms with Gasteiger partial charge in [0.05, 0.1) is 35.2 Å². The number of thiophene rings is 1. The Hall–Kier alpha value is -3.42. The topological polar surface area (TPSA) is 74.7 Å². The fourth-order valence-electron chi connectivity index (χ4n) is 4.76. The van der Waals surface area contributed by atoms with Crippen LogP contribution in [0.4, 0.5) is 5.69 Å². The van der Waals surface area contributed by atoms with Gasteiger partial charge < -0.3 is 20.1 Å². The van der Waals surface area contributed by atoms with Crippen molar-refractivity contribution in [1.82, 2.24) is 9.88 Å². The smallest absolute Gasteiger partial charge is 0.257 e. The highest BCUT2D eigenvalue weighted by atomic mass is 32.1. The number of anilines is 1. The van der Waals surface area contributed by atoms with E-state index in [0.717, 1.165) is 58.7 Å². The van der Waals surface area contributed by atoms with Crippen LogP contribution in [0.5, 0.6) is 5.75 Å². The monoisotopic (exact) mass is 487 g/mol. The van der Waals surface area contributed by atoms with Gasteiger partial charge >= 0.3 is 0 Å². The first-order valence-corrected chi connectivity index (χ1v) is 12.8. The Labute approximate surface area is 209 Å². The third-order valence-corrected chi connectivity index (χ3v) is 7.75. The number of nitrogens with zero attached hydrogens (tertiary/aromatic N) is 2. The van der Waals surface area contributed by atoms with Crippen LogP contribution < -0.4 is 10.1 Å². The number of carbonyl (C=O) groups excluding carboxylic acids is 1. The number of likely N-dealkylation sites (tertiary alicyclic amines) is 1. The van der Waals surface area contributed by atoms with Crippen LogP contribution in [0.2, 0.25) is 0 Å². The predicted molar refractivity (Wildman–Crippen MR) is 140 cm³/mol. The van der Waals surface area contributed by atoms with E-state index in [4.69, 9.17) is 4.74 Å². The molecule has 0 aliphatic carbocycles. The standard InChI is InChI=1S/C28H29N3O3S/c1-34-23-9-5-6-19(14-23)15-29-26-24(16-30-25-22(17-32)18-35-27(25)26)28(33)31-12-10-21(11-13-31)20-7-3-2-4-8-20/h2-9,14,16,18,21,32H,10-13,15,17H2,1H3,(H,29,30). The lowest BCUT2D eigenvalue weighted by Gasteiger charge is -2.32. The van der Waals surface area contributed by atoms with Crippen molar-refractivity contribution < 1.29 is 14.6 Å². The molecule has 1 fully saturated rings. The Morgan fingerprint density at radius 2 is 1.97 bits per heavy atom. The molecule has 3 heterocycles. The normalized spacial score (nSPS) is 14.3. The molecule has 0 spiro atoms. The summed E-state index contributed by atoms with van der Waals surface area (Å²) in [5, 5.41) is 15.2. The first-order chi connectivity index (χ1) is 17.2. The molecular weight excluding hydrogens is 458 g/mol. The first-order valence-electron chi connectivity index (χ1n) is 11.9. The number of piperidine rings is 1. The lowest BCUT2D eigenvalue weighted by atomic mass is 9.89. The van der Waals surface area contributed by atoms with E-state index in [1.54, 1.807) is 13.3 Å². The van der Waals surface area contributed by atoms with Crippen molar-refractivity contribution >= 4 is 33.1 Å². The summed E-state index contributed by atoms with van der Waals surface area (Å²) in [6.45, 7) is 1.90. The van der Waals surface area contributed by atoms with E-state index >= 15 is 0 Å². The maximum Gasteiger partial charge on any atom is 0.257 e. The maximum atomic E-state index is 13.7. The van der Waals surface area contributed by atoms with E-state index in [1.807, 2.05) is 40.6 Å². The number of hydrogen-bond donors (Lipinski definition) is 2. The molecule has 35 heavy (non-hydrogen) atoms. The van der Waals surface area contributed by atoms with Gasteiger partial charge in [0, 0.05) is 31.4 Å². The van der Waals surface area contributed by atoms with E-state index in [1.165, 1.54) is 16.9 Å². The van der Waals surface area contributed by atoms with Gasteiger partial charge in [0.15, 0.2) is 0 Å². The Kier molecular flexibility index (Phi) is 6.97. The van der Waals surface area contributed by atoms with E-state index in [0.29, 0.717) is 18.0 Å². The van der Waals surface area contributed by atoms with Gasteiger partial charge in [-0.15, -0.1) is 11.3 Å². The molecule has 0 unspecified atom stereocenters. The number of aliphatic hydroxyl groups excluding tert-OH is 1. The van der Waals surface area contributed by atoms with Gasteiger partial charge in [-0.3, -0.25) is 9.78 Å². The molecule has 0 bridgehead atoms. The van der Waals surface area contributed by atoms with Crippen LogP contribution in [0.1, 0.15) is 45.8 Å². The molecule has 1 saturated heterocycles. The number of carbonyl (C=O) groups is 1. The Bertz CT molecular complexity index is 1310. The largest absolute Gasteiger partial charge is 0.497 e. The van der Waals surface area contributed by atoms with Crippen molar-refractivity contribution in [3.8, 4) is 5.75 Å². The van der Waals surface area contributed by atoms with Gasteiger partial charge in [-0.25, -0.2) is 0 Å². The molecule has 1 amide bonds. The number of aliphatic hydroxyl groups is 1. The van der Waals surface area contributed by atoms with Crippen LogP contribution >= 0.6 is 11.3 Å². The molecule has 5 rings (SSSR count). The summed E-state index contributed by atoms with van der Waals surface area (Å²) in [4.78, 5) is 20.2. The van der Waals surface area contributed by atoms with Crippen molar-refractivity contribution in [3.05, 3.63) is 88.4 Å². The lowest BCUT2D eigenvalue weighted by molar-refractivity contribution is 0.0713. The molecular formula is C28H29N3O3S. The number of methoxy groups -OCH3 is 1. The molecule has 0 radical (unpaired) electrons. The summed E-state index contributed by atoms with van der Waals surface area (Å²) in [5.41, 5.74) is 5.26. The van der Waals surface area contributed by atoms with Crippen LogP contribution in [0.3, 0.4) is 0 Å². The summed E-state index contributed by atoms with van der Waals surface area (Å²) >= 11 is 1.50. The number of nitrogens with one attached hydrogen (secondary N) is 1. The average Bonchev–Trinajstić information content (AvgIpc) is 3.35. The van der Waals surface area contributed by atoms with Gasteiger partial charge in [0.25, 0.3) is 5.91 Å². The van der Waals surface area contributed by atoms with Crippen LogP contribution in [0.25, 0.3) is 10.2 Å². The molecule has 2 N–H and O–H groups in total. The van der Waals surface area contributed by atoms with Gasteiger partial charge in [-0.05, 0) is 47.4 Å². The number of pyridine rings is 1. The van der Waals surface area contributed by atoms with Gasteiger partial charge in [0.2, 0.25) is 0 Å². The molecule has 7 heteroatoms. The number of amides is 1. The van der Waals surface area contributed by atoms with Gasteiger partial charge in [0.1, 0.15) is 5.75 Å². The summed E-state index contributed by atoms with van der Waals surface area (Å²) in [6, 6.07) is 18.4. The minimum atomic E-state index is -0.0807. The van der Waals surface area contributed by atoms with Crippen LogP contribution in [-0.2, 0) is 13.2 Å². The molecule has 0 saturated carbocycles. The van der Waals surface area contributed by atoms with Crippen molar-refractivity contribution in [2.75, 3.05) is 25.5 Å². The molecule has 0 atom stereocenters. The first kappa shape index (κ1) is 23.3. The second-order valence-corrected chi connectivity index (χ2v) is 9.71. The minimum absolute atomic E-state index is 0.00185. The van der Waals surface area contributed by atoms with Crippen LogP contribution in [0, 0.1) is 0 Å². The lowest BCUT2D eigenvalue weighted by Crippen LogP contribution is -2.38. The Balaban J connectivity index is 1.40. The highest BCUT2D eigenvalue weighted by molar-refractivity contribution is 7.18. The number of benzene rings is 2. The summed E-state index contributed by atoms with van der Waals surface area (Å²) in [5.74, 6) is 1.27. The molecule has 2 aromatic heterocycles. The summed E-state index contributed by atoms with van der Waals surface area (Å²) < 4.78 is 6.24.